The minimum atomic E-state index is -1.73. The number of pyridine rings is 2. The number of non-ortho nitro benzene ring substituents is 1. The Morgan fingerprint density at radius 1 is 1.31 bits per heavy atom. The van der Waals surface area contributed by atoms with Crippen LogP contribution in [-0.4, -0.2) is 26.4 Å². The number of nitrogens with zero attached hydrogens (tertiary/aromatic N) is 3. The number of aromatic nitrogens is 2. The van der Waals surface area contributed by atoms with Crippen LogP contribution < -0.4 is 5.56 Å². The number of carbonyl (C=O) groups excluding carboxylic acids is 2. The molecule has 1 unspecified atom stereocenters. The van der Waals surface area contributed by atoms with E-state index in [2.05, 4.69) is 4.98 Å². The van der Waals surface area contributed by atoms with Gasteiger partial charge in [0, 0.05) is 23.6 Å². The van der Waals surface area contributed by atoms with Crippen molar-refractivity contribution in [3.05, 3.63) is 67.5 Å². The third-order valence-electron chi connectivity index (χ3n) is 6.56. The van der Waals surface area contributed by atoms with Gasteiger partial charge in [-0.05, 0) is 30.5 Å². The molecule has 5 rings (SSSR count). The first kappa shape index (κ1) is 22.7. The summed E-state index contributed by atoms with van der Waals surface area (Å²) in [5.74, 6) is -1.24. The number of ether oxygens (including phenoxy) is 2. The normalized spacial score (nSPS) is 18.1. The van der Waals surface area contributed by atoms with Gasteiger partial charge >= 0.3 is 11.9 Å². The van der Waals surface area contributed by atoms with Gasteiger partial charge < -0.3 is 14.0 Å². The lowest BCUT2D eigenvalue weighted by molar-refractivity contribution is -0.383. The van der Waals surface area contributed by atoms with E-state index < -0.39 is 22.5 Å². The zero-order chi connectivity index (χ0) is 25.1. The number of benzene rings is 1. The van der Waals surface area contributed by atoms with E-state index in [4.69, 9.17) is 9.47 Å². The van der Waals surface area contributed by atoms with Crippen molar-refractivity contribution in [2.24, 2.45) is 5.92 Å². The van der Waals surface area contributed by atoms with Crippen molar-refractivity contribution >= 4 is 28.5 Å². The molecule has 2 aromatic heterocycles. The molecule has 0 radical (unpaired) electrons. The van der Waals surface area contributed by atoms with Crippen molar-refractivity contribution in [3.8, 4) is 11.4 Å². The summed E-state index contributed by atoms with van der Waals surface area (Å²) in [6.45, 7) is 5.37. The van der Waals surface area contributed by atoms with E-state index in [0.717, 1.165) is 0 Å². The highest BCUT2D eigenvalue weighted by molar-refractivity contribution is 5.92. The van der Waals surface area contributed by atoms with Gasteiger partial charge in [-0.1, -0.05) is 26.8 Å². The van der Waals surface area contributed by atoms with Crippen LogP contribution >= 0.6 is 0 Å². The van der Waals surface area contributed by atoms with Gasteiger partial charge in [0.05, 0.1) is 39.3 Å². The van der Waals surface area contributed by atoms with Crippen molar-refractivity contribution in [1.82, 2.24) is 9.55 Å². The van der Waals surface area contributed by atoms with Gasteiger partial charge in [-0.2, -0.15) is 0 Å². The fourth-order valence-electron chi connectivity index (χ4n) is 4.87. The third kappa shape index (κ3) is 3.39. The summed E-state index contributed by atoms with van der Waals surface area (Å²) in [4.78, 5) is 54.8. The first-order valence-corrected chi connectivity index (χ1v) is 11.4. The van der Waals surface area contributed by atoms with Gasteiger partial charge in [-0.3, -0.25) is 19.7 Å². The highest BCUT2D eigenvalue weighted by atomic mass is 16.6. The number of carbonyl (C=O) groups is 2. The number of fused-ring (bicyclic) bond motifs is 5. The SMILES string of the molecule is CCC1(OC(=O)CC(C)C)C(=O)OCc2c1cc1n(c2=O)Cc2cc3c([N+](=O)[O-])cccc3nc2-1. The van der Waals surface area contributed by atoms with Crippen LogP contribution in [0.4, 0.5) is 5.69 Å². The van der Waals surface area contributed by atoms with Crippen molar-refractivity contribution in [2.45, 2.75) is 52.4 Å². The predicted octanol–water partition coefficient (Wildman–Crippen LogP) is 3.58. The van der Waals surface area contributed by atoms with E-state index >= 15 is 0 Å². The molecule has 0 bridgehead atoms. The van der Waals surface area contributed by atoms with Crippen molar-refractivity contribution in [3.63, 3.8) is 0 Å². The van der Waals surface area contributed by atoms with Gasteiger partial charge in [0.25, 0.3) is 11.2 Å². The summed E-state index contributed by atoms with van der Waals surface area (Å²) in [5, 5.41) is 11.9. The Kier molecular flexibility index (Phi) is 5.19. The zero-order valence-electron chi connectivity index (χ0n) is 19.5. The van der Waals surface area contributed by atoms with E-state index in [1.807, 2.05) is 13.8 Å². The van der Waals surface area contributed by atoms with Gasteiger partial charge in [-0.15, -0.1) is 0 Å². The average molecular weight is 477 g/mol. The highest BCUT2D eigenvalue weighted by Crippen LogP contribution is 2.41. The molecule has 0 N–H and O–H groups in total. The second-order valence-corrected chi connectivity index (χ2v) is 9.24. The topological polar surface area (TPSA) is 131 Å². The Morgan fingerprint density at radius 2 is 2.09 bits per heavy atom. The maximum absolute atomic E-state index is 13.5. The average Bonchev–Trinajstić information content (AvgIpc) is 3.16. The smallest absolute Gasteiger partial charge is 0.355 e. The van der Waals surface area contributed by atoms with Crippen LogP contribution in [0, 0.1) is 16.0 Å². The van der Waals surface area contributed by atoms with Crippen molar-refractivity contribution in [1.29, 1.82) is 0 Å². The number of rotatable bonds is 5. The molecule has 0 aliphatic carbocycles. The molecular formula is C25H23N3O7. The number of nitro groups is 1. The Hall–Kier alpha value is -4.08. The predicted molar refractivity (Wildman–Crippen MR) is 125 cm³/mol. The van der Waals surface area contributed by atoms with E-state index in [0.29, 0.717) is 33.4 Å². The second-order valence-electron chi connectivity index (χ2n) is 9.24. The third-order valence-corrected chi connectivity index (χ3v) is 6.56. The van der Waals surface area contributed by atoms with Gasteiger partial charge in [0.2, 0.25) is 5.60 Å². The minimum absolute atomic E-state index is 0.0227. The number of cyclic esters (lactones) is 1. The number of hydrogen-bond donors (Lipinski definition) is 0. The lowest BCUT2D eigenvalue weighted by Crippen LogP contribution is -2.47. The molecule has 2 aliphatic rings. The van der Waals surface area contributed by atoms with E-state index in [-0.39, 0.29) is 48.7 Å². The Balaban J connectivity index is 1.71. The Labute approximate surface area is 199 Å². The molecule has 0 amide bonds. The van der Waals surface area contributed by atoms with Crippen LogP contribution in [-0.2, 0) is 37.8 Å². The maximum Gasteiger partial charge on any atom is 0.355 e. The Morgan fingerprint density at radius 3 is 2.77 bits per heavy atom. The lowest BCUT2D eigenvalue weighted by Gasteiger charge is -2.35. The van der Waals surface area contributed by atoms with Crippen LogP contribution in [0.15, 0.2) is 35.1 Å². The zero-order valence-corrected chi connectivity index (χ0v) is 19.5. The monoisotopic (exact) mass is 477 g/mol. The molecule has 0 saturated carbocycles. The first-order chi connectivity index (χ1) is 16.7. The molecule has 2 aliphatic heterocycles. The van der Waals surface area contributed by atoms with Gasteiger partial charge in [-0.25, -0.2) is 9.78 Å². The van der Waals surface area contributed by atoms with Crippen LogP contribution in [0.5, 0.6) is 0 Å². The largest absolute Gasteiger partial charge is 0.457 e. The van der Waals surface area contributed by atoms with Crippen LogP contribution in [0.1, 0.15) is 50.3 Å². The molecule has 35 heavy (non-hydrogen) atoms. The molecule has 0 fully saturated rings. The van der Waals surface area contributed by atoms with Crippen LogP contribution in [0.25, 0.3) is 22.3 Å². The molecule has 4 heterocycles. The second kappa shape index (κ2) is 8.00. The summed E-state index contributed by atoms with van der Waals surface area (Å²) in [6.07, 6.45) is 0.208. The van der Waals surface area contributed by atoms with E-state index in [1.54, 1.807) is 31.2 Å². The fraction of sp³-hybridized carbons (Fsp3) is 0.360. The summed E-state index contributed by atoms with van der Waals surface area (Å²) >= 11 is 0. The fourth-order valence-corrected chi connectivity index (χ4v) is 4.87. The van der Waals surface area contributed by atoms with Crippen LogP contribution in [0.2, 0.25) is 0 Å². The molecular weight excluding hydrogens is 454 g/mol. The molecule has 10 nitrogen and oxygen atoms in total. The van der Waals surface area contributed by atoms with E-state index in [1.165, 1.54) is 10.6 Å². The molecule has 3 aromatic rings. The van der Waals surface area contributed by atoms with E-state index in [9.17, 15) is 24.5 Å². The van der Waals surface area contributed by atoms with Gasteiger partial charge in [0.15, 0.2) is 0 Å². The number of esters is 2. The molecule has 180 valence electrons. The number of nitro benzene ring substituents is 1. The van der Waals surface area contributed by atoms with Gasteiger partial charge in [0.1, 0.15) is 6.61 Å². The molecule has 0 saturated heterocycles. The molecule has 1 atom stereocenters. The maximum atomic E-state index is 13.5. The summed E-state index contributed by atoms with van der Waals surface area (Å²) < 4.78 is 12.6. The summed E-state index contributed by atoms with van der Waals surface area (Å²) in [6, 6.07) is 7.99. The molecule has 1 aromatic carbocycles. The molecule has 0 spiro atoms. The first-order valence-electron chi connectivity index (χ1n) is 11.4. The number of hydrogen-bond acceptors (Lipinski definition) is 8. The standard InChI is InChI=1S/C25H23N3O7/c1-4-25(35-21(29)8-13(2)3)17-10-20-22-14(11-27(20)23(30)16(17)12-34-24(25)31)9-15-18(26-22)6-5-7-19(15)28(32)33/h5-7,9-10,13H,4,8,11-12H2,1-3H3. The molecule has 10 heteroatoms. The highest BCUT2D eigenvalue weighted by Gasteiger charge is 2.50. The van der Waals surface area contributed by atoms with Crippen molar-refractivity contribution in [2.75, 3.05) is 0 Å². The Bertz CT molecular complexity index is 1490. The summed E-state index contributed by atoms with van der Waals surface area (Å²) in [5.41, 5.74) is 0.403. The minimum Gasteiger partial charge on any atom is -0.457 e. The van der Waals surface area contributed by atoms with Crippen molar-refractivity contribution < 1.29 is 24.0 Å². The van der Waals surface area contributed by atoms with Crippen LogP contribution in [0.3, 0.4) is 0 Å². The lowest BCUT2D eigenvalue weighted by atomic mass is 9.85. The quantitative estimate of drug-likeness (QED) is 0.242. The summed E-state index contributed by atoms with van der Waals surface area (Å²) in [7, 11) is 0.